The minimum Gasteiger partial charge on any atom is -0.465 e. The van der Waals surface area contributed by atoms with Crippen LogP contribution in [-0.4, -0.2) is 220 Å². The zero-order valence-corrected chi connectivity index (χ0v) is 73.7. The minimum absolute atomic E-state index is 0.0519. The van der Waals surface area contributed by atoms with E-state index in [9.17, 15) is 28.6 Å². The number of rotatable bonds is 87. The highest BCUT2D eigenvalue weighted by atomic mass is 31.2. The third kappa shape index (κ3) is 72.2. The molecular weight excluding hydrogens is 1480 g/mol. The molecule has 114 heavy (non-hydrogen) atoms. The van der Waals surface area contributed by atoms with E-state index in [1.807, 2.05) is 19.1 Å². The molecule has 0 aromatic heterocycles. The van der Waals surface area contributed by atoms with Gasteiger partial charge in [0, 0.05) is 44.3 Å². The molecule has 0 fully saturated rings. The molecule has 0 aromatic carbocycles. The monoisotopic (exact) mass is 1640 g/mol. The number of ketones is 1. The van der Waals surface area contributed by atoms with Gasteiger partial charge in [0.25, 0.3) is 0 Å². The summed E-state index contributed by atoms with van der Waals surface area (Å²) in [6.07, 6.45) is 52.9. The normalized spacial score (nSPS) is 14.2. The highest BCUT2D eigenvalue weighted by molar-refractivity contribution is 7.47. The van der Waals surface area contributed by atoms with Crippen molar-refractivity contribution in [3.05, 3.63) is 70.9 Å². The van der Waals surface area contributed by atoms with Crippen LogP contribution in [0, 0.1) is 11.3 Å². The lowest BCUT2D eigenvalue weighted by atomic mass is 9.72. The van der Waals surface area contributed by atoms with Crippen molar-refractivity contribution >= 4 is 31.4 Å². The zero-order chi connectivity index (χ0) is 83.0. The summed E-state index contributed by atoms with van der Waals surface area (Å²) in [5, 5.41) is 5.49. The van der Waals surface area contributed by atoms with Gasteiger partial charge in [0.2, 0.25) is 11.8 Å². The number of carbonyl (C=O) groups excluding carboxylic acids is 4. The Labute approximate surface area is 691 Å². The van der Waals surface area contributed by atoms with Gasteiger partial charge in [0.15, 0.2) is 5.78 Å². The Balaban J connectivity index is 2.02. The summed E-state index contributed by atoms with van der Waals surface area (Å²) in [6.45, 7) is 28.8. The van der Waals surface area contributed by atoms with Crippen molar-refractivity contribution in [2.75, 3.05) is 191 Å². The predicted octanol–water partition coefficient (Wildman–Crippen LogP) is 18.3. The maximum absolute atomic E-state index is 13.4. The van der Waals surface area contributed by atoms with Crippen molar-refractivity contribution < 1.29 is 99.3 Å². The molecular formula is C90H163N2O21P. The lowest BCUT2D eigenvalue weighted by Gasteiger charge is -2.32. The van der Waals surface area contributed by atoms with Crippen LogP contribution in [0.25, 0.3) is 0 Å². The largest absolute Gasteiger partial charge is 0.472 e. The van der Waals surface area contributed by atoms with Crippen LogP contribution >= 0.6 is 7.82 Å². The van der Waals surface area contributed by atoms with Crippen LogP contribution in [0.4, 0.5) is 0 Å². The molecule has 23 nitrogen and oxygen atoms in total. The number of unbranched alkanes of at least 4 members (excludes halogenated alkanes) is 28. The topological polar surface area (TPSA) is 268 Å². The summed E-state index contributed by atoms with van der Waals surface area (Å²) in [5.74, 6) is -1.88. The molecule has 2 amide bonds. The lowest BCUT2D eigenvalue weighted by molar-refractivity contribution is -0.145. The second-order valence-corrected chi connectivity index (χ2v) is 31.9. The number of phosphoric ester groups is 1. The molecule has 0 bridgehead atoms. The molecule has 0 spiro atoms. The molecule has 0 saturated heterocycles. The average Bonchev–Trinajstić information content (AvgIpc) is 0.823. The van der Waals surface area contributed by atoms with Gasteiger partial charge in [-0.2, -0.15) is 0 Å². The van der Waals surface area contributed by atoms with Gasteiger partial charge in [0.05, 0.1) is 172 Å². The number of carbonyl (C=O) groups is 4. The van der Waals surface area contributed by atoms with E-state index in [4.69, 9.17) is 70.6 Å². The van der Waals surface area contributed by atoms with Crippen LogP contribution in [0.3, 0.4) is 0 Å². The van der Waals surface area contributed by atoms with Crippen LogP contribution in [0.5, 0.6) is 0 Å². The van der Waals surface area contributed by atoms with Crippen LogP contribution in [0.15, 0.2) is 70.9 Å². The van der Waals surface area contributed by atoms with Gasteiger partial charge in [-0.1, -0.05) is 256 Å². The fourth-order valence-corrected chi connectivity index (χ4v) is 13.5. The standard InChI is InChI=1S/C90H163N2O21P/c1-9-11-13-15-17-19-21-23-25-27-29-31-33-35-37-44-86(93)83(6)84(78-111-89(96)45-38-36-34-32-30-28-26-24-22-20-18-16-14-12-10-2)79-113-114(97,98)112-54-51-91-87(94)48-52-99-55-57-101-59-61-103-63-65-105-67-69-107-71-73-109-75-76-110-74-72-108-70-68-106-66-64-104-62-60-102-58-56-100-53-50-92-88(95)77-81(4)42-39-41-80(3)46-47-85-82(5)43-40-49-90(85,7)8/h39,41-42,46-47,77,84H,6,9-38,40,43-45,48-76,78-79H2,1-5,7-8H3,(H,91,94)(H,92,95)(H,97,98). The quantitative estimate of drug-likeness (QED) is 0.0168. The van der Waals surface area contributed by atoms with Gasteiger partial charge in [-0.05, 0) is 75.0 Å². The van der Waals surface area contributed by atoms with E-state index < -0.39 is 20.3 Å². The second-order valence-electron chi connectivity index (χ2n) is 30.5. The maximum Gasteiger partial charge on any atom is 0.472 e. The molecule has 24 heteroatoms. The highest BCUT2D eigenvalue weighted by Crippen LogP contribution is 2.44. The van der Waals surface area contributed by atoms with Gasteiger partial charge in [-0.3, -0.25) is 28.2 Å². The lowest BCUT2D eigenvalue weighted by Crippen LogP contribution is -2.28. The summed E-state index contributed by atoms with van der Waals surface area (Å²) in [4.78, 5) is 61.5. The number of esters is 1. The van der Waals surface area contributed by atoms with E-state index in [0.717, 1.165) is 49.7 Å². The molecule has 2 unspecified atom stereocenters. The van der Waals surface area contributed by atoms with Gasteiger partial charge in [-0.15, -0.1) is 0 Å². The van der Waals surface area contributed by atoms with Crippen LogP contribution in [0.2, 0.25) is 0 Å². The molecule has 664 valence electrons. The second kappa shape index (κ2) is 80.2. The van der Waals surface area contributed by atoms with E-state index in [1.54, 1.807) is 6.08 Å². The fraction of sp³-hybridized carbons (Fsp3) is 0.822. The zero-order valence-electron chi connectivity index (χ0n) is 72.8. The number of allylic oxidation sites excluding steroid dienone is 9. The van der Waals surface area contributed by atoms with E-state index in [-0.39, 0.29) is 86.8 Å². The minimum atomic E-state index is -4.62. The van der Waals surface area contributed by atoms with Crippen LogP contribution in [0.1, 0.15) is 280 Å². The van der Waals surface area contributed by atoms with Gasteiger partial charge in [-0.25, -0.2) is 4.57 Å². The molecule has 1 rings (SSSR count). The Bertz CT molecular complexity index is 2530. The molecule has 1 aliphatic carbocycles. The van der Waals surface area contributed by atoms with E-state index in [1.165, 1.54) is 172 Å². The average molecular weight is 1640 g/mol. The number of amides is 2. The Kier molecular flexibility index (Phi) is 76.1. The Morgan fingerprint density at radius 3 is 1.20 bits per heavy atom. The molecule has 2 atom stereocenters. The first-order valence-electron chi connectivity index (χ1n) is 44.4. The summed E-state index contributed by atoms with van der Waals surface area (Å²) in [5.41, 5.74) is 5.37. The van der Waals surface area contributed by atoms with E-state index in [2.05, 4.69) is 77.0 Å². The molecule has 0 aliphatic heterocycles. The predicted molar refractivity (Wildman–Crippen MR) is 456 cm³/mol. The molecule has 0 heterocycles. The van der Waals surface area contributed by atoms with E-state index in [0.29, 0.717) is 165 Å². The number of Topliss-reactive ketones (excluding diaryl/α,β-unsaturated/α-hetero) is 1. The molecule has 0 saturated carbocycles. The van der Waals surface area contributed by atoms with Crippen molar-refractivity contribution in [3.63, 3.8) is 0 Å². The van der Waals surface area contributed by atoms with Crippen molar-refractivity contribution in [1.29, 1.82) is 0 Å². The molecule has 0 radical (unpaired) electrons. The summed E-state index contributed by atoms with van der Waals surface area (Å²) < 4.78 is 95.7. The Hall–Kier alpha value is -3.85. The first kappa shape index (κ1) is 108. The van der Waals surface area contributed by atoms with Gasteiger partial charge < -0.3 is 77.1 Å². The number of hydrogen-bond donors (Lipinski definition) is 3. The number of hydrogen-bond acceptors (Lipinski definition) is 20. The molecule has 3 N–H and O–H groups in total. The third-order valence-corrected chi connectivity index (χ3v) is 20.6. The van der Waals surface area contributed by atoms with Crippen molar-refractivity contribution in [3.8, 4) is 0 Å². The first-order chi connectivity index (χ1) is 55.5. The third-order valence-electron chi connectivity index (χ3n) is 19.6. The maximum atomic E-state index is 13.4. The highest BCUT2D eigenvalue weighted by Gasteiger charge is 2.29. The summed E-state index contributed by atoms with van der Waals surface area (Å²) in [6, 6.07) is 0. The van der Waals surface area contributed by atoms with Crippen LogP contribution in [-0.2, 0) is 94.4 Å². The number of nitrogens with one attached hydrogen (secondary N) is 2. The Morgan fingerprint density at radius 1 is 0.447 bits per heavy atom. The summed E-state index contributed by atoms with van der Waals surface area (Å²) >= 11 is 0. The number of ether oxygens (including phenoxy) is 13. The van der Waals surface area contributed by atoms with Gasteiger partial charge in [0.1, 0.15) is 6.61 Å². The Morgan fingerprint density at radius 2 is 0.807 bits per heavy atom. The van der Waals surface area contributed by atoms with Crippen molar-refractivity contribution in [2.45, 2.75) is 280 Å². The van der Waals surface area contributed by atoms with Crippen molar-refractivity contribution in [2.24, 2.45) is 11.3 Å². The van der Waals surface area contributed by atoms with E-state index >= 15 is 0 Å². The number of phosphoric acid groups is 1. The smallest absolute Gasteiger partial charge is 0.465 e. The first-order valence-corrected chi connectivity index (χ1v) is 45.9. The fourth-order valence-electron chi connectivity index (χ4n) is 12.7. The van der Waals surface area contributed by atoms with Crippen LogP contribution < -0.4 is 10.6 Å². The molecule has 1 aliphatic rings. The summed E-state index contributed by atoms with van der Waals surface area (Å²) in [7, 11) is -4.62. The SMILES string of the molecule is C=C(C(=O)CCCCCCCCCCCCCCCCC)C(COC(=O)CCCCCCCCCCCCCCCCC)COP(=O)(O)OCCNC(=O)CCOCCOCCOCCOCCOCCOCCOCCOCCOCCOCCOCCOCCNC(=O)C=C(C)C=CC=C(C)C=CC1=C(C)CCCC1(C)C. The van der Waals surface area contributed by atoms with Crippen molar-refractivity contribution in [1.82, 2.24) is 10.6 Å². The van der Waals surface area contributed by atoms with Gasteiger partial charge >= 0.3 is 13.8 Å². The molecule has 0 aromatic rings.